The van der Waals surface area contributed by atoms with Gasteiger partial charge in [0, 0.05) is 27.6 Å². The number of nitrogens with zero attached hydrogens (tertiary/aromatic N) is 1. The first-order valence-corrected chi connectivity index (χ1v) is 13.7. The first-order valence-electron chi connectivity index (χ1n) is 13.7. The molecule has 0 spiro atoms. The van der Waals surface area contributed by atoms with Gasteiger partial charge in [-0.25, -0.2) is 0 Å². The van der Waals surface area contributed by atoms with E-state index in [0.29, 0.717) is 0 Å². The summed E-state index contributed by atoms with van der Waals surface area (Å²) in [6.07, 6.45) is 0. The summed E-state index contributed by atoms with van der Waals surface area (Å²) in [6.45, 7) is 0. The lowest BCUT2D eigenvalue weighted by atomic mass is 9.98. The minimum atomic E-state index is 0.206. The van der Waals surface area contributed by atoms with Crippen molar-refractivity contribution >= 4 is 43.4 Å². The third-order valence-corrected chi connectivity index (χ3v) is 8.14. The number of aromatic nitrogens is 1. The first kappa shape index (κ1) is 23.4. The van der Waals surface area contributed by atoms with Crippen LogP contribution in [0.5, 0.6) is 11.5 Å². The summed E-state index contributed by atoms with van der Waals surface area (Å²) in [7, 11) is 0. The van der Waals surface area contributed by atoms with E-state index in [2.05, 4.69) is 89.5 Å². The third-order valence-electron chi connectivity index (χ3n) is 8.14. The molecule has 0 saturated carbocycles. The van der Waals surface area contributed by atoms with Crippen LogP contribution in [0.3, 0.4) is 0 Å². The van der Waals surface area contributed by atoms with Gasteiger partial charge < -0.3 is 14.8 Å². The molecule has 0 radical (unpaired) electrons. The van der Waals surface area contributed by atoms with E-state index in [9.17, 15) is 10.2 Å². The van der Waals surface area contributed by atoms with Crippen LogP contribution in [0, 0.1) is 0 Å². The molecule has 3 heteroatoms. The lowest BCUT2D eigenvalue weighted by Gasteiger charge is -2.12. The fourth-order valence-electron chi connectivity index (χ4n) is 6.12. The number of hydrogen-bond acceptors (Lipinski definition) is 2. The van der Waals surface area contributed by atoms with Gasteiger partial charge in [-0.2, -0.15) is 0 Å². The molecule has 1 aromatic heterocycles. The van der Waals surface area contributed by atoms with Crippen molar-refractivity contribution in [2.24, 2.45) is 0 Å². The van der Waals surface area contributed by atoms with Crippen LogP contribution in [-0.2, 0) is 0 Å². The summed E-state index contributed by atoms with van der Waals surface area (Å²) in [5.74, 6) is 0.413. The van der Waals surface area contributed by atoms with Crippen molar-refractivity contribution in [3.05, 3.63) is 140 Å². The molecule has 41 heavy (non-hydrogen) atoms. The van der Waals surface area contributed by atoms with E-state index in [0.717, 1.165) is 71.3 Å². The average Bonchev–Trinajstić information content (AvgIpc) is 3.32. The Labute approximate surface area is 236 Å². The van der Waals surface area contributed by atoms with Crippen LogP contribution in [0.4, 0.5) is 0 Å². The minimum absolute atomic E-state index is 0.206. The largest absolute Gasteiger partial charge is 0.507 e. The molecule has 3 nitrogen and oxygen atoms in total. The van der Waals surface area contributed by atoms with Crippen LogP contribution < -0.4 is 0 Å². The number of phenolic OH excluding ortho intramolecular Hbond substituents is 2. The highest BCUT2D eigenvalue weighted by Crippen LogP contribution is 2.43. The van der Waals surface area contributed by atoms with Gasteiger partial charge in [-0.3, -0.25) is 0 Å². The molecular formula is C38H25NO2. The lowest BCUT2D eigenvalue weighted by molar-refractivity contribution is 0.477. The maximum atomic E-state index is 11.3. The molecular weight excluding hydrogens is 502 g/mol. The Bertz CT molecular complexity index is 2140. The zero-order chi connectivity index (χ0) is 27.5. The molecule has 0 atom stereocenters. The van der Waals surface area contributed by atoms with Gasteiger partial charge in [-0.05, 0) is 81.2 Å². The first-order chi connectivity index (χ1) is 20.1. The molecule has 0 amide bonds. The van der Waals surface area contributed by atoms with Gasteiger partial charge in [0.1, 0.15) is 11.5 Å². The van der Waals surface area contributed by atoms with Crippen molar-refractivity contribution in [2.45, 2.75) is 0 Å². The molecule has 0 aliphatic rings. The zero-order valence-corrected chi connectivity index (χ0v) is 22.1. The molecule has 8 aromatic rings. The van der Waals surface area contributed by atoms with E-state index in [-0.39, 0.29) is 11.5 Å². The quantitative estimate of drug-likeness (QED) is 0.240. The highest BCUT2D eigenvalue weighted by Gasteiger charge is 2.19. The van der Waals surface area contributed by atoms with Crippen molar-refractivity contribution in [3.63, 3.8) is 0 Å². The second-order valence-electron chi connectivity index (χ2n) is 10.6. The zero-order valence-electron chi connectivity index (χ0n) is 22.1. The molecule has 194 valence electrons. The van der Waals surface area contributed by atoms with E-state index in [1.54, 1.807) is 0 Å². The fourth-order valence-corrected chi connectivity index (χ4v) is 6.12. The number of fused-ring (bicyclic) bond motifs is 5. The van der Waals surface area contributed by atoms with Crippen molar-refractivity contribution < 1.29 is 10.2 Å². The topological polar surface area (TPSA) is 45.4 Å². The normalized spacial score (nSPS) is 11.6. The van der Waals surface area contributed by atoms with Crippen molar-refractivity contribution in [3.8, 4) is 39.4 Å². The predicted molar refractivity (Wildman–Crippen MR) is 170 cm³/mol. The summed E-state index contributed by atoms with van der Waals surface area (Å²) in [5, 5.41) is 28.9. The lowest BCUT2D eigenvalue weighted by Crippen LogP contribution is -1.94. The molecule has 0 unspecified atom stereocenters. The van der Waals surface area contributed by atoms with Gasteiger partial charge in [0.15, 0.2) is 0 Å². The van der Waals surface area contributed by atoms with Crippen LogP contribution in [0.2, 0.25) is 0 Å². The molecule has 1 heterocycles. The number of hydrogen-bond donors (Lipinski definition) is 2. The monoisotopic (exact) mass is 527 g/mol. The van der Waals surface area contributed by atoms with Gasteiger partial charge in [0.2, 0.25) is 0 Å². The summed E-state index contributed by atoms with van der Waals surface area (Å²) in [5.41, 5.74) is 6.37. The highest BCUT2D eigenvalue weighted by molar-refractivity contribution is 6.13. The van der Waals surface area contributed by atoms with Crippen molar-refractivity contribution in [1.82, 2.24) is 4.57 Å². The highest BCUT2D eigenvalue weighted by atomic mass is 16.3. The van der Waals surface area contributed by atoms with Gasteiger partial charge in [0.25, 0.3) is 0 Å². The Balaban J connectivity index is 1.42. The molecule has 0 saturated heterocycles. The van der Waals surface area contributed by atoms with E-state index < -0.39 is 0 Å². The Morgan fingerprint density at radius 2 is 0.829 bits per heavy atom. The summed E-state index contributed by atoms with van der Waals surface area (Å²) in [6, 6.07) is 47.1. The average molecular weight is 528 g/mol. The molecule has 0 fully saturated rings. The van der Waals surface area contributed by atoms with Crippen LogP contribution in [0.1, 0.15) is 0 Å². The number of aromatic hydroxyl groups is 2. The van der Waals surface area contributed by atoms with Gasteiger partial charge in [-0.1, -0.05) is 91.0 Å². The molecule has 0 bridgehead atoms. The van der Waals surface area contributed by atoms with E-state index in [1.807, 2.05) is 54.6 Å². The Kier molecular flexibility index (Phi) is 5.13. The SMILES string of the molecule is Oc1cc2c3cc(O)c(-c4ccc5ccccc5c4)cc3n(-c3ccccc3)c2cc1-c1ccc2ccccc2c1. The Hall–Kier alpha value is -5.54. The Morgan fingerprint density at radius 3 is 1.32 bits per heavy atom. The van der Waals surface area contributed by atoms with E-state index >= 15 is 0 Å². The van der Waals surface area contributed by atoms with Crippen LogP contribution >= 0.6 is 0 Å². The third kappa shape index (κ3) is 3.75. The smallest absolute Gasteiger partial charge is 0.124 e. The standard InChI is InChI=1S/C38H25NO2/c40-37-22-33-34-23-38(41)32(29-17-15-25-9-5-7-11-27(25)19-29)21-36(34)39(30-12-2-1-3-13-30)35(33)20-31(37)28-16-14-24-8-4-6-10-26(24)18-28/h1-23,40-41H. The predicted octanol–water partition coefficient (Wildman–Crippen LogP) is 9.84. The second-order valence-corrected chi connectivity index (χ2v) is 10.6. The molecule has 7 aromatic carbocycles. The van der Waals surface area contributed by atoms with Crippen molar-refractivity contribution in [2.75, 3.05) is 0 Å². The molecule has 0 aliphatic heterocycles. The maximum absolute atomic E-state index is 11.3. The van der Waals surface area contributed by atoms with Gasteiger partial charge >= 0.3 is 0 Å². The van der Waals surface area contributed by atoms with Gasteiger partial charge in [-0.15, -0.1) is 0 Å². The summed E-state index contributed by atoms with van der Waals surface area (Å²) >= 11 is 0. The number of phenols is 2. The van der Waals surface area contributed by atoms with E-state index in [4.69, 9.17) is 0 Å². The van der Waals surface area contributed by atoms with Gasteiger partial charge in [0.05, 0.1) is 11.0 Å². The van der Waals surface area contributed by atoms with Crippen molar-refractivity contribution in [1.29, 1.82) is 0 Å². The van der Waals surface area contributed by atoms with E-state index in [1.165, 1.54) is 0 Å². The summed E-state index contributed by atoms with van der Waals surface area (Å²) in [4.78, 5) is 0. The molecule has 2 N–H and O–H groups in total. The maximum Gasteiger partial charge on any atom is 0.124 e. The number of rotatable bonds is 3. The van der Waals surface area contributed by atoms with Crippen LogP contribution in [-0.4, -0.2) is 14.8 Å². The van der Waals surface area contributed by atoms with Crippen LogP contribution in [0.15, 0.2) is 140 Å². The summed E-state index contributed by atoms with van der Waals surface area (Å²) < 4.78 is 2.22. The minimum Gasteiger partial charge on any atom is -0.507 e. The molecule has 0 aliphatic carbocycles. The number of benzene rings is 7. The second kappa shape index (κ2) is 9.00. The molecule has 8 rings (SSSR count). The Morgan fingerprint density at radius 1 is 0.390 bits per heavy atom. The fraction of sp³-hybridized carbons (Fsp3) is 0. The number of para-hydroxylation sites is 1. The van der Waals surface area contributed by atoms with Crippen LogP contribution in [0.25, 0.3) is 71.3 Å².